The number of hydrogen-bond donors (Lipinski definition) is 2. The van der Waals surface area contributed by atoms with E-state index in [9.17, 15) is 9.90 Å². The third-order valence-electron chi connectivity index (χ3n) is 5.11. The normalized spacial score (nSPS) is 11.8. The van der Waals surface area contributed by atoms with Crippen molar-refractivity contribution in [1.82, 2.24) is 4.98 Å². The lowest BCUT2D eigenvalue weighted by molar-refractivity contribution is -0.129. The molecule has 0 amide bonds. The number of halogens is 1. The van der Waals surface area contributed by atoms with Gasteiger partial charge in [-0.25, -0.2) is 9.78 Å². The lowest BCUT2D eigenvalue weighted by Gasteiger charge is -2.36. The zero-order valence-corrected chi connectivity index (χ0v) is 19.2. The van der Waals surface area contributed by atoms with Gasteiger partial charge in [0.2, 0.25) is 5.71 Å². The highest BCUT2D eigenvalue weighted by Gasteiger charge is 2.37. The van der Waals surface area contributed by atoms with Crippen LogP contribution in [-0.4, -0.2) is 28.9 Å². The van der Waals surface area contributed by atoms with Gasteiger partial charge in [-0.05, 0) is 16.7 Å². The number of hydrogen-bond acceptors (Lipinski definition) is 6. The Morgan fingerprint density at radius 3 is 1.79 bits per heavy atom. The van der Waals surface area contributed by atoms with Gasteiger partial charge in [-0.1, -0.05) is 119 Å². The van der Waals surface area contributed by atoms with Crippen molar-refractivity contribution in [1.29, 1.82) is 0 Å². The van der Waals surface area contributed by atoms with Gasteiger partial charge in [0.15, 0.2) is 5.13 Å². The Morgan fingerprint density at radius 1 is 0.939 bits per heavy atom. The third kappa shape index (κ3) is 4.46. The number of nitrogens with zero attached hydrogens (tertiary/aromatic N) is 2. The van der Waals surface area contributed by atoms with Gasteiger partial charge in [0.05, 0.1) is 0 Å². The molecule has 4 aromatic rings. The van der Waals surface area contributed by atoms with Crippen LogP contribution in [0.15, 0.2) is 96.2 Å². The van der Waals surface area contributed by atoms with E-state index >= 15 is 0 Å². The molecule has 166 valence electrons. The van der Waals surface area contributed by atoms with Gasteiger partial charge in [-0.3, -0.25) is 0 Å². The van der Waals surface area contributed by atoms with Gasteiger partial charge in [0.1, 0.15) is 22.7 Å². The first-order valence-electron chi connectivity index (χ1n) is 10.0. The monoisotopic (exact) mass is 477 g/mol. The number of aliphatic carboxylic acids is 1. The largest absolute Gasteiger partial charge is 0.476 e. The molecule has 0 aliphatic heterocycles. The molecule has 0 aliphatic carbocycles. The van der Waals surface area contributed by atoms with E-state index < -0.39 is 11.5 Å². The second kappa shape index (κ2) is 9.85. The predicted molar refractivity (Wildman–Crippen MR) is 131 cm³/mol. The van der Waals surface area contributed by atoms with Gasteiger partial charge in [-0.2, -0.15) is 0 Å². The summed E-state index contributed by atoms with van der Waals surface area (Å²) in [6, 6.07) is 30.0. The van der Waals surface area contributed by atoms with Crippen LogP contribution in [-0.2, 0) is 15.2 Å². The van der Waals surface area contributed by atoms with Crippen LogP contribution in [0.25, 0.3) is 0 Å². The molecule has 0 aliphatic rings. The molecular formula is C25H20ClN3O3S. The van der Waals surface area contributed by atoms with E-state index in [1.54, 1.807) is 0 Å². The van der Waals surface area contributed by atoms with E-state index in [1.807, 2.05) is 91.0 Å². The molecule has 0 fully saturated rings. The summed E-state index contributed by atoms with van der Waals surface area (Å²) in [7, 11) is 1.27. The van der Waals surface area contributed by atoms with Crippen LogP contribution in [0.1, 0.15) is 22.4 Å². The van der Waals surface area contributed by atoms with Gasteiger partial charge in [0.25, 0.3) is 0 Å². The number of thiazole rings is 1. The number of benzene rings is 3. The summed E-state index contributed by atoms with van der Waals surface area (Å²) in [6.07, 6.45) is 0. The fourth-order valence-corrected chi connectivity index (χ4v) is 4.82. The zero-order chi connectivity index (χ0) is 23.3. The molecule has 1 heterocycles. The number of carboxylic acids is 1. The molecule has 6 nitrogen and oxygen atoms in total. The summed E-state index contributed by atoms with van der Waals surface area (Å²) >= 11 is 7.54. The average Bonchev–Trinajstić information content (AvgIpc) is 3.21. The summed E-state index contributed by atoms with van der Waals surface area (Å²) in [5.74, 6) is -1.28. The molecule has 0 spiro atoms. The minimum absolute atomic E-state index is 0.0431. The molecule has 1 aromatic heterocycles. The Morgan fingerprint density at radius 2 is 1.39 bits per heavy atom. The molecule has 8 heteroatoms. The maximum absolute atomic E-state index is 11.7. The third-order valence-corrected chi connectivity index (χ3v) is 6.28. The Bertz CT molecular complexity index is 1170. The van der Waals surface area contributed by atoms with Crippen molar-refractivity contribution in [3.63, 3.8) is 0 Å². The maximum Gasteiger partial charge on any atom is 0.360 e. The van der Waals surface area contributed by atoms with Crippen LogP contribution in [0.3, 0.4) is 0 Å². The second-order valence-corrected chi connectivity index (χ2v) is 8.64. The van der Waals surface area contributed by atoms with Crippen molar-refractivity contribution >= 4 is 39.8 Å². The molecule has 3 aromatic carbocycles. The van der Waals surface area contributed by atoms with Crippen molar-refractivity contribution in [2.24, 2.45) is 5.16 Å². The van der Waals surface area contributed by atoms with Crippen molar-refractivity contribution in [2.75, 3.05) is 12.4 Å². The Hall–Kier alpha value is -3.68. The van der Waals surface area contributed by atoms with Crippen molar-refractivity contribution in [3.8, 4) is 0 Å². The summed E-state index contributed by atoms with van der Waals surface area (Å²) in [4.78, 5) is 20.9. The van der Waals surface area contributed by atoms with Crippen LogP contribution < -0.4 is 5.32 Å². The molecule has 0 radical (unpaired) electrons. The van der Waals surface area contributed by atoms with Gasteiger partial charge in [-0.15, -0.1) is 0 Å². The van der Waals surface area contributed by atoms with Crippen LogP contribution in [0.5, 0.6) is 0 Å². The molecule has 2 N–H and O–H groups in total. The summed E-state index contributed by atoms with van der Waals surface area (Å²) in [5, 5.41) is 17.1. The number of carbonyl (C=O) groups is 1. The molecule has 0 saturated carbocycles. The number of aromatic nitrogens is 1. The SMILES string of the molecule is CO/N=C(\C(=O)O)c1nc(NC(c2ccccc2)(c2ccccc2)c2ccccc2)sc1Cl. The Balaban J connectivity index is 1.93. The maximum atomic E-state index is 11.7. The van der Waals surface area contributed by atoms with Crippen molar-refractivity contribution in [2.45, 2.75) is 5.54 Å². The van der Waals surface area contributed by atoms with E-state index in [0.29, 0.717) is 5.13 Å². The first-order valence-corrected chi connectivity index (χ1v) is 11.2. The molecule has 4 rings (SSSR count). The second-order valence-electron chi connectivity index (χ2n) is 7.04. The fraction of sp³-hybridized carbons (Fsp3) is 0.0800. The fourth-order valence-electron chi connectivity index (χ4n) is 3.72. The first kappa shape index (κ1) is 22.5. The highest BCUT2D eigenvalue weighted by molar-refractivity contribution is 7.20. The minimum atomic E-state index is -1.28. The summed E-state index contributed by atoms with van der Waals surface area (Å²) in [5.41, 5.74) is 1.82. The molecule has 0 atom stereocenters. The number of nitrogens with one attached hydrogen (secondary N) is 1. The smallest absolute Gasteiger partial charge is 0.360 e. The van der Waals surface area contributed by atoms with Gasteiger partial charge < -0.3 is 15.3 Å². The van der Waals surface area contributed by atoms with E-state index in [4.69, 9.17) is 11.6 Å². The Kier molecular flexibility index (Phi) is 6.72. The summed E-state index contributed by atoms with van der Waals surface area (Å²) in [6.45, 7) is 0. The lowest BCUT2D eigenvalue weighted by atomic mass is 9.77. The topological polar surface area (TPSA) is 83.8 Å². The van der Waals surface area contributed by atoms with E-state index in [-0.39, 0.29) is 15.7 Å². The van der Waals surface area contributed by atoms with Gasteiger partial charge in [0, 0.05) is 0 Å². The highest BCUT2D eigenvalue weighted by Crippen LogP contribution is 2.42. The minimum Gasteiger partial charge on any atom is -0.476 e. The molecule has 0 unspecified atom stereocenters. The van der Waals surface area contributed by atoms with Crippen molar-refractivity contribution in [3.05, 3.63) is 118 Å². The average molecular weight is 478 g/mol. The molecule has 0 bridgehead atoms. The summed E-state index contributed by atoms with van der Waals surface area (Å²) < 4.78 is 0.193. The van der Waals surface area contributed by atoms with Crippen molar-refractivity contribution < 1.29 is 14.7 Å². The number of carboxylic acid groups (broad SMARTS) is 1. The van der Waals surface area contributed by atoms with Gasteiger partial charge >= 0.3 is 5.97 Å². The number of anilines is 1. The van der Waals surface area contributed by atoms with Crippen LogP contribution in [0.4, 0.5) is 5.13 Å². The standard InChI is InChI=1S/C25H20ClN3O3S/c1-32-29-21(23(30)31)20-22(26)33-24(27-20)28-25(17-11-5-2-6-12-17,18-13-7-3-8-14-18)19-15-9-4-10-16-19/h2-16H,1H3,(H,27,28)(H,30,31)/b29-21-. The highest BCUT2D eigenvalue weighted by atomic mass is 35.5. The number of oxime groups is 1. The quantitative estimate of drug-likeness (QED) is 0.195. The molecule has 33 heavy (non-hydrogen) atoms. The Labute approximate surface area is 200 Å². The van der Waals surface area contributed by atoms with E-state index in [1.165, 1.54) is 7.11 Å². The van der Waals surface area contributed by atoms with Crippen LogP contribution in [0, 0.1) is 0 Å². The molecule has 0 saturated heterocycles. The molecular weight excluding hydrogens is 458 g/mol. The predicted octanol–water partition coefficient (Wildman–Crippen LogP) is 5.64. The van der Waals surface area contributed by atoms with Crippen LogP contribution >= 0.6 is 22.9 Å². The number of rotatable bonds is 8. The van der Waals surface area contributed by atoms with E-state index in [2.05, 4.69) is 20.3 Å². The lowest BCUT2D eigenvalue weighted by Crippen LogP contribution is -2.38. The van der Waals surface area contributed by atoms with E-state index in [0.717, 1.165) is 28.0 Å². The van der Waals surface area contributed by atoms with Crippen LogP contribution in [0.2, 0.25) is 4.34 Å². The first-order chi connectivity index (χ1) is 16.1. The zero-order valence-electron chi connectivity index (χ0n) is 17.6.